The van der Waals surface area contributed by atoms with Crippen LogP contribution in [0, 0.1) is 11.3 Å². The Labute approximate surface area is 118 Å². The second kappa shape index (κ2) is 6.91. The highest BCUT2D eigenvalue weighted by Crippen LogP contribution is 2.07. The Balaban J connectivity index is 1.93. The summed E-state index contributed by atoms with van der Waals surface area (Å²) in [7, 11) is 0. The molecule has 0 radical (unpaired) electrons. The summed E-state index contributed by atoms with van der Waals surface area (Å²) < 4.78 is 0. The second-order valence-electron chi connectivity index (χ2n) is 4.15. The molecule has 0 heterocycles. The van der Waals surface area contributed by atoms with Crippen LogP contribution in [0.5, 0.6) is 0 Å². The molecule has 3 nitrogen and oxygen atoms in total. The molecule has 2 aromatic rings. The van der Waals surface area contributed by atoms with E-state index in [9.17, 15) is 0 Å². The van der Waals surface area contributed by atoms with Crippen LogP contribution in [0.4, 0.5) is 0 Å². The van der Waals surface area contributed by atoms with Gasteiger partial charge >= 0.3 is 0 Å². The van der Waals surface area contributed by atoms with Crippen molar-refractivity contribution in [2.24, 2.45) is 5.16 Å². The number of hydrogen-bond acceptors (Lipinski definition) is 3. The van der Waals surface area contributed by atoms with Crippen LogP contribution in [-0.4, -0.2) is 6.21 Å². The molecule has 0 atom stereocenters. The number of rotatable bonds is 5. The van der Waals surface area contributed by atoms with E-state index in [1.807, 2.05) is 42.5 Å². The SMILES string of the molecule is C=Cc1ccc(CON=Cc2ccccc2C#N)cc1. The van der Waals surface area contributed by atoms with E-state index in [1.54, 1.807) is 18.4 Å². The Hall–Kier alpha value is -2.86. The van der Waals surface area contributed by atoms with Gasteiger partial charge in [-0.25, -0.2) is 0 Å². The molecule has 2 rings (SSSR count). The van der Waals surface area contributed by atoms with Crippen molar-refractivity contribution in [3.05, 3.63) is 77.4 Å². The van der Waals surface area contributed by atoms with E-state index < -0.39 is 0 Å². The molecule has 2 aromatic carbocycles. The Morgan fingerprint density at radius 2 is 1.90 bits per heavy atom. The van der Waals surface area contributed by atoms with Gasteiger partial charge in [-0.1, -0.05) is 60.3 Å². The Morgan fingerprint density at radius 3 is 2.60 bits per heavy atom. The molecular formula is C17H14N2O. The monoisotopic (exact) mass is 262 g/mol. The van der Waals surface area contributed by atoms with E-state index in [0.717, 1.165) is 16.7 Å². The molecule has 0 amide bonds. The summed E-state index contributed by atoms with van der Waals surface area (Å²) in [4.78, 5) is 5.23. The van der Waals surface area contributed by atoms with Crippen molar-refractivity contribution in [3.8, 4) is 6.07 Å². The van der Waals surface area contributed by atoms with Crippen LogP contribution in [0.1, 0.15) is 22.3 Å². The van der Waals surface area contributed by atoms with Crippen LogP contribution in [0.3, 0.4) is 0 Å². The molecule has 0 saturated heterocycles. The highest BCUT2D eigenvalue weighted by atomic mass is 16.6. The Morgan fingerprint density at radius 1 is 1.15 bits per heavy atom. The summed E-state index contributed by atoms with van der Waals surface area (Å²) in [5.74, 6) is 0. The van der Waals surface area contributed by atoms with Crippen molar-refractivity contribution < 1.29 is 4.84 Å². The van der Waals surface area contributed by atoms with Crippen LogP contribution in [0.15, 0.2) is 60.3 Å². The number of benzene rings is 2. The van der Waals surface area contributed by atoms with Crippen LogP contribution in [0.25, 0.3) is 6.08 Å². The lowest BCUT2D eigenvalue weighted by atomic mass is 10.1. The molecule has 0 aliphatic rings. The largest absolute Gasteiger partial charge is 0.391 e. The minimum atomic E-state index is 0.392. The maximum Gasteiger partial charge on any atom is 0.142 e. The molecule has 0 N–H and O–H groups in total. The minimum absolute atomic E-state index is 0.392. The predicted octanol–water partition coefficient (Wildman–Crippen LogP) is 3.75. The number of nitrogens with zero attached hydrogens (tertiary/aromatic N) is 2. The number of oxime groups is 1. The summed E-state index contributed by atoms with van der Waals surface area (Å²) in [6.45, 7) is 4.10. The first kappa shape index (κ1) is 13.6. The lowest BCUT2D eigenvalue weighted by molar-refractivity contribution is 0.132. The minimum Gasteiger partial charge on any atom is -0.391 e. The van der Waals surface area contributed by atoms with Gasteiger partial charge < -0.3 is 4.84 Å². The first-order valence-electron chi connectivity index (χ1n) is 6.19. The maximum absolute atomic E-state index is 8.94. The smallest absolute Gasteiger partial charge is 0.142 e. The molecule has 0 saturated carbocycles. The average molecular weight is 262 g/mol. The molecule has 0 unspecified atom stereocenters. The highest BCUT2D eigenvalue weighted by molar-refractivity contribution is 5.82. The standard InChI is InChI=1S/C17H14N2O/c1-2-14-7-9-15(10-8-14)13-20-19-12-17-6-4-3-5-16(17)11-18/h2-10,12H,1,13H2. The van der Waals surface area contributed by atoms with Crippen molar-refractivity contribution in [2.45, 2.75) is 6.61 Å². The van der Waals surface area contributed by atoms with Crippen LogP contribution < -0.4 is 0 Å². The third kappa shape index (κ3) is 3.56. The maximum atomic E-state index is 8.94. The van der Waals surface area contributed by atoms with Gasteiger partial charge in [0.05, 0.1) is 17.8 Å². The predicted molar refractivity (Wildman–Crippen MR) is 80.1 cm³/mol. The molecule has 0 spiro atoms. The van der Waals surface area contributed by atoms with E-state index >= 15 is 0 Å². The third-order valence-corrected chi connectivity index (χ3v) is 2.79. The van der Waals surface area contributed by atoms with Gasteiger partial charge in [0.1, 0.15) is 6.61 Å². The lowest BCUT2D eigenvalue weighted by Crippen LogP contribution is -1.90. The first-order chi connectivity index (χ1) is 9.83. The Bertz CT molecular complexity index is 651. The molecule has 3 heteroatoms. The van der Waals surface area contributed by atoms with Gasteiger partial charge in [0, 0.05) is 5.56 Å². The summed E-state index contributed by atoms with van der Waals surface area (Å²) in [5, 5.41) is 12.8. The van der Waals surface area contributed by atoms with Gasteiger partial charge in [0.2, 0.25) is 0 Å². The van der Waals surface area contributed by atoms with E-state index in [-0.39, 0.29) is 0 Å². The lowest BCUT2D eigenvalue weighted by Gasteiger charge is -2.01. The molecule has 0 aromatic heterocycles. The zero-order valence-corrected chi connectivity index (χ0v) is 11.0. The summed E-state index contributed by atoms with van der Waals surface area (Å²) in [5.41, 5.74) is 3.42. The fraction of sp³-hybridized carbons (Fsp3) is 0.0588. The fourth-order valence-corrected chi connectivity index (χ4v) is 1.67. The normalized spacial score (nSPS) is 10.2. The van der Waals surface area contributed by atoms with Crippen molar-refractivity contribution in [1.29, 1.82) is 5.26 Å². The quantitative estimate of drug-likeness (QED) is 0.608. The van der Waals surface area contributed by atoms with Gasteiger partial charge in [-0.2, -0.15) is 5.26 Å². The van der Waals surface area contributed by atoms with Gasteiger partial charge in [-0.15, -0.1) is 0 Å². The van der Waals surface area contributed by atoms with Crippen LogP contribution >= 0.6 is 0 Å². The zero-order chi connectivity index (χ0) is 14.2. The van der Waals surface area contributed by atoms with E-state index in [2.05, 4.69) is 17.8 Å². The molecule has 0 bridgehead atoms. The number of nitriles is 1. The topological polar surface area (TPSA) is 45.4 Å². The van der Waals surface area contributed by atoms with Crippen molar-refractivity contribution in [3.63, 3.8) is 0 Å². The molecule has 20 heavy (non-hydrogen) atoms. The van der Waals surface area contributed by atoms with E-state index in [0.29, 0.717) is 12.2 Å². The van der Waals surface area contributed by atoms with Crippen molar-refractivity contribution in [2.75, 3.05) is 0 Å². The van der Waals surface area contributed by atoms with Crippen molar-refractivity contribution >= 4 is 12.3 Å². The van der Waals surface area contributed by atoms with Crippen LogP contribution in [-0.2, 0) is 11.4 Å². The molecule has 0 aliphatic carbocycles. The van der Waals surface area contributed by atoms with E-state index in [1.165, 1.54) is 0 Å². The van der Waals surface area contributed by atoms with Gasteiger partial charge in [0.25, 0.3) is 0 Å². The molecule has 0 fully saturated rings. The summed E-state index contributed by atoms with van der Waals surface area (Å²) >= 11 is 0. The first-order valence-corrected chi connectivity index (χ1v) is 6.19. The Kier molecular flexibility index (Phi) is 4.69. The highest BCUT2D eigenvalue weighted by Gasteiger charge is 1.97. The molecule has 98 valence electrons. The van der Waals surface area contributed by atoms with Gasteiger partial charge in [-0.05, 0) is 17.2 Å². The summed E-state index contributed by atoms with van der Waals surface area (Å²) in [6.07, 6.45) is 3.35. The third-order valence-electron chi connectivity index (χ3n) is 2.79. The van der Waals surface area contributed by atoms with Gasteiger partial charge in [0.15, 0.2) is 0 Å². The van der Waals surface area contributed by atoms with E-state index in [4.69, 9.17) is 10.1 Å². The molecular weight excluding hydrogens is 248 g/mol. The average Bonchev–Trinajstić information content (AvgIpc) is 2.52. The number of hydrogen-bond donors (Lipinski definition) is 0. The van der Waals surface area contributed by atoms with Crippen LogP contribution in [0.2, 0.25) is 0 Å². The van der Waals surface area contributed by atoms with Crippen molar-refractivity contribution in [1.82, 2.24) is 0 Å². The zero-order valence-electron chi connectivity index (χ0n) is 11.0. The second-order valence-corrected chi connectivity index (χ2v) is 4.15. The molecule has 0 aliphatic heterocycles. The van der Waals surface area contributed by atoms with Gasteiger partial charge in [-0.3, -0.25) is 0 Å². The summed E-state index contributed by atoms with van der Waals surface area (Å²) in [6, 6.07) is 17.2. The fourth-order valence-electron chi connectivity index (χ4n) is 1.67.